The maximum atomic E-state index is 4.36. The van der Waals surface area contributed by atoms with Gasteiger partial charge in [0.25, 0.3) is 0 Å². The number of hydrogen-bond donors (Lipinski definition) is 0. The van der Waals surface area contributed by atoms with Gasteiger partial charge in [0.05, 0.1) is 30.1 Å². The molecule has 1 aromatic carbocycles. The zero-order chi connectivity index (χ0) is 10.7. The van der Waals surface area contributed by atoms with Crippen LogP contribution in [0.1, 0.15) is 11.3 Å². The summed E-state index contributed by atoms with van der Waals surface area (Å²) in [5.74, 6) is 0. The van der Waals surface area contributed by atoms with Crippen molar-refractivity contribution in [2.75, 3.05) is 0 Å². The molecule has 0 aliphatic carbocycles. The third-order valence-corrected chi connectivity index (χ3v) is 2.23. The van der Waals surface area contributed by atoms with E-state index in [1.54, 1.807) is 12.5 Å². The molecule has 0 fully saturated rings. The van der Waals surface area contributed by atoms with Crippen LogP contribution in [0.3, 0.4) is 0 Å². The molecule has 0 spiro atoms. The van der Waals surface area contributed by atoms with Crippen molar-refractivity contribution in [2.45, 2.75) is 6.92 Å². The van der Waals surface area contributed by atoms with E-state index < -0.39 is 0 Å². The van der Waals surface area contributed by atoms with E-state index in [0.717, 1.165) is 11.4 Å². The molecule has 0 aliphatic heterocycles. The number of benzene rings is 1. The summed E-state index contributed by atoms with van der Waals surface area (Å²) in [5.41, 5.74) is 3.20. The molecule has 3 nitrogen and oxygen atoms in total. The predicted molar refractivity (Wildman–Crippen MR) is 61.6 cm³/mol. The summed E-state index contributed by atoms with van der Waals surface area (Å²) < 4.78 is 1.93. The Hall–Kier alpha value is -1.90. The van der Waals surface area contributed by atoms with Crippen molar-refractivity contribution in [1.82, 2.24) is 9.55 Å². The van der Waals surface area contributed by atoms with Crippen molar-refractivity contribution < 1.29 is 0 Å². The van der Waals surface area contributed by atoms with Gasteiger partial charge in [-0.2, -0.15) is 0 Å². The second kappa shape index (κ2) is 4.09. The van der Waals surface area contributed by atoms with Gasteiger partial charge in [-0.1, -0.05) is 17.7 Å². The van der Waals surface area contributed by atoms with Crippen LogP contribution in [0.2, 0.25) is 0 Å². The van der Waals surface area contributed by atoms with Crippen LogP contribution in [-0.4, -0.2) is 15.8 Å². The average Bonchev–Trinajstić information content (AvgIpc) is 2.63. The van der Waals surface area contributed by atoms with Crippen molar-refractivity contribution in [2.24, 2.45) is 12.0 Å². The molecule has 3 heteroatoms. The number of aromatic nitrogens is 2. The fraction of sp³-hybridized carbons (Fsp3) is 0.167. The zero-order valence-corrected chi connectivity index (χ0v) is 8.88. The highest BCUT2D eigenvalue weighted by molar-refractivity contribution is 5.79. The van der Waals surface area contributed by atoms with Gasteiger partial charge in [-0.15, -0.1) is 0 Å². The fourth-order valence-corrected chi connectivity index (χ4v) is 1.26. The van der Waals surface area contributed by atoms with Crippen LogP contribution in [0.25, 0.3) is 0 Å². The maximum Gasteiger partial charge on any atom is 0.0948 e. The predicted octanol–water partition coefficient (Wildman–Crippen LogP) is 2.48. The Bertz CT molecular complexity index is 466. The Morgan fingerprint density at radius 3 is 2.60 bits per heavy atom. The highest BCUT2D eigenvalue weighted by atomic mass is 15.0. The van der Waals surface area contributed by atoms with E-state index in [9.17, 15) is 0 Å². The van der Waals surface area contributed by atoms with E-state index >= 15 is 0 Å². The minimum atomic E-state index is 0.960. The molecule has 0 radical (unpaired) electrons. The van der Waals surface area contributed by atoms with Gasteiger partial charge in [0, 0.05) is 7.05 Å². The second-order valence-electron chi connectivity index (χ2n) is 3.52. The van der Waals surface area contributed by atoms with Gasteiger partial charge in [0.15, 0.2) is 0 Å². The molecule has 76 valence electrons. The molecule has 0 N–H and O–H groups in total. The van der Waals surface area contributed by atoms with Gasteiger partial charge in [-0.05, 0) is 19.1 Å². The first-order valence-corrected chi connectivity index (χ1v) is 4.83. The van der Waals surface area contributed by atoms with Crippen molar-refractivity contribution >= 4 is 11.9 Å². The number of imidazole rings is 1. The smallest absolute Gasteiger partial charge is 0.0948 e. The van der Waals surface area contributed by atoms with Crippen LogP contribution in [0.15, 0.2) is 41.8 Å². The van der Waals surface area contributed by atoms with Crippen molar-refractivity contribution in [1.29, 1.82) is 0 Å². The van der Waals surface area contributed by atoms with E-state index in [1.807, 2.05) is 30.0 Å². The van der Waals surface area contributed by atoms with Crippen LogP contribution in [0.4, 0.5) is 5.69 Å². The minimum absolute atomic E-state index is 0.960. The van der Waals surface area contributed by atoms with Crippen LogP contribution in [0, 0.1) is 6.92 Å². The summed E-state index contributed by atoms with van der Waals surface area (Å²) in [5, 5.41) is 0. The first-order chi connectivity index (χ1) is 7.25. The molecular formula is C12H13N3. The normalized spacial score (nSPS) is 11.1. The number of hydrogen-bond acceptors (Lipinski definition) is 2. The first-order valence-electron chi connectivity index (χ1n) is 4.83. The molecule has 0 bridgehead atoms. The number of aliphatic imine (C=N–C) groups is 1. The maximum absolute atomic E-state index is 4.36. The van der Waals surface area contributed by atoms with Gasteiger partial charge in [-0.25, -0.2) is 4.98 Å². The SMILES string of the molecule is Cc1ccc(N=Cc2cncn2C)cc1. The molecule has 0 saturated heterocycles. The molecule has 0 saturated carbocycles. The Kier molecular flexibility index (Phi) is 2.63. The van der Waals surface area contributed by atoms with E-state index in [0.29, 0.717) is 0 Å². The van der Waals surface area contributed by atoms with Gasteiger partial charge in [-0.3, -0.25) is 4.99 Å². The third kappa shape index (κ3) is 2.31. The van der Waals surface area contributed by atoms with Crippen molar-refractivity contribution in [3.05, 3.63) is 48.0 Å². The van der Waals surface area contributed by atoms with E-state index in [1.165, 1.54) is 5.56 Å². The molecule has 0 aliphatic rings. The Morgan fingerprint density at radius 1 is 1.27 bits per heavy atom. The van der Waals surface area contributed by atoms with Crippen molar-refractivity contribution in [3.63, 3.8) is 0 Å². The summed E-state index contributed by atoms with van der Waals surface area (Å²) in [6.45, 7) is 2.06. The summed E-state index contributed by atoms with van der Waals surface area (Å²) >= 11 is 0. The summed E-state index contributed by atoms with van der Waals surface area (Å²) in [4.78, 5) is 8.38. The molecule has 0 amide bonds. The molecule has 1 heterocycles. The number of aryl methyl sites for hydroxylation is 2. The summed E-state index contributed by atoms with van der Waals surface area (Å²) in [7, 11) is 1.95. The standard InChI is InChI=1S/C12H13N3/c1-10-3-5-11(6-4-10)14-8-12-7-13-9-15(12)2/h3-9H,1-2H3. The Morgan fingerprint density at radius 2 is 2.00 bits per heavy atom. The van der Waals surface area contributed by atoms with Crippen LogP contribution >= 0.6 is 0 Å². The zero-order valence-electron chi connectivity index (χ0n) is 8.88. The van der Waals surface area contributed by atoms with Gasteiger partial charge in [0.2, 0.25) is 0 Å². The lowest BCUT2D eigenvalue weighted by molar-refractivity contribution is 0.905. The van der Waals surface area contributed by atoms with Crippen LogP contribution < -0.4 is 0 Å². The monoisotopic (exact) mass is 199 g/mol. The molecule has 0 unspecified atom stereocenters. The van der Waals surface area contributed by atoms with E-state index in [4.69, 9.17) is 0 Å². The first kappa shape index (κ1) is 9.65. The Labute approximate surface area is 89.1 Å². The third-order valence-electron chi connectivity index (χ3n) is 2.23. The highest BCUT2D eigenvalue weighted by Crippen LogP contribution is 2.12. The lowest BCUT2D eigenvalue weighted by Crippen LogP contribution is -1.91. The number of nitrogens with zero attached hydrogens (tertiary/aromatic N) is 3. The molecular weight excluding hydrogens is 186 g/mol. The molecule has 15 heavy (non-hydrogen) atoms. The lowest BCUT2D eigenvalue weighted by atomic mass is 10.2. The topological polar surface area (TPSA) is 30.2 Å². The Balaban J connectivity index is 2.19. The van der Waals surface area contributed by atoms with Crippen LogP contribution in [0.5, 0.6) is 0 Å². The summed E-state index contributed by atoms with van der Waals surface area (Å²) in [6.07, 6.45) is 5.37. The number of rotatable bonds is 2. The molecule has 1 aromatic heterocycles. The second-order valence-corrected chi connectivity index (χ2v) is 3.52. The quantitative estimate of drug-likeness (QED) is 0.683. The van der Waals surface area contributed by atoms with Gasteiger partial charge < -0.3 is 4.57 Å². The minimum Gasteiger partial charge on any atom is -0.333 e. The van der Waals surface area contributed by atoms with Gasteiger partial charge in [0.1, 0.15) is 0 Å². The summed E-state index contributed by atoms with van der Waals surface area (Å²) in [6, 6.07) is 8.11. The van der Waals surface area contributed by atoms with Crippen molar-refractivity contribution in [3.8, 4) is 0 Å². The van der Waals surface area contributed by atoms with E-state index in [2.05, 4.69) is 29.0 Å². The molecule has 0 atom stereocenters. The van der Waals surface area contributed by atoms with E-state index in [-0.39, 0.29) is 0 Å². The molecule has 2 aromatic rings. The largest absolute Gasteiger partial charge is 0.333 e. The van der Waals surface area contributed by atoms with Gasteiger partial charge >= 0.3 is 0 Å². The average molecular weight is 199 g/mol. The highest BCUT2D eigenvalue weighted by Gasteiger charge is 1.93. The molecule has 2 rings (SSSR count). The fourth-order valence-electron chi connectivity index (χ4n) is 1.26. The lowest BCUT2D eigenvalue weighted by Gasteiger charge is -1.95. The van der Waals surface area contributed by atoms with Crippen LogP contribution in [-0.2, 0) is 7.05 Å².